The van der Waals surface area contributed by atoms with E-state index in [1.54, 1.807) is 0 Å². The lowest BCUT2D eigenvalue weighted by Gasteiger charge is -2.25. The van der Waals surface area contributed by atoms with Crippen molar-refractivity contribution < 1.29 is 19.1 Å². The van der Waals surface area contributed by atoms with Gasteiger partial charge in [0, 0.05) is 5.41 Å². The van der Waals surface area contributed by atoms with Crippen LogP contribution < -0.4 is 20.1 Å². The fourth-order valence-corrected chi connectivity index (χ4v) is 2.55. The van der Waals surface area contributed by atoms with E-state index in [1.807, 2.05) is 66.7 Å². The van der Waals surface area contributed by atoms with E-state index >= 15 is 0 Å². The third-order valence-corrected chi connectivity index (χ3v) is 4.00. The number of ether oxygens (including phenoxy) is 2. The Hall–Kier alpha value is -2.24. The van der Waals surface area contributed by atoms with Gasteiger partial charge in [0.1, 0.15) is 0 Å². The van der Waals surface area contributed by atoms with Crippen molar-refractivity contribution in [2.45, 2.75) is 54.5 Å². The van der Waals surface area contributed by atoms with Gasteiger partial charge in [-0.15, -0.1) is 0 Å². The SMILES string of the molecule is CCOc1ccc(C(NC(=O)CNC(=O)C(C)(C)C)C(C)C)cc1OCC. The molecule has 0 aromatic heterocycles. The summed E-state index contributed by atoms with van der Waals surface area (Å²) in [5.74, 6) is 1.14. The van der Waals surface area contributed by atoms with Crippen LogP contribution in [-0.4, -0.2) is 31.6 Å². The molecule has 0 fully saturated rings. The molecule has 1 aromatic carbocycles. The highest BCUT2D eigenvalue weighted by Gasteiger charge is 2.23. The lowest BCUT2D eigenvalue weighted by molar-refractivity contribution is -0.131. The maximum atomic E-state index is 12.4. The Balaban J connectivity index is 2.90. The number of carbonyl (C=O) groups is 2. The molecule has 0 radical (unpaired) electrons. The van der Waals surface area contributed by atoms with Crippen molar-refractivity contribution in [3.05, 3.63) is 23.8 Å². The molecule has 27 heavy (non-hydrogen) atoms. The third kappa shape index (κ3) is 7.12. The second kappa shape index (κ2) is 10.2. The smallest absolute Gasteiger partial charge is 0.239 e. The van der Waals surface area contributed by atoms with Gasteiger partial charge in [0.05, 0.1) is 25.8 Å². The summed E-state index contributed by atoms with van der Waals surface area (Å²) in [4.78, 5) is 24.3. The molecular weight excluding hydrogens is 344 g/mol. The molecule has 1 unspecified atom stereocenters. The Bertz CT molecular complexity index is 636. The predicted molar refractivity (Wildman–Crippen MR) is 107 cm³/mol. The highest BCUT2D eigenvalue weighted by molar-refractivity contribution is 5.87. The van der Waals surface area contributed by atoms with Crippen molar-refractivity contribution in [2.75, 3.05) is 19.8 Å². The number of nitrogens with one attached hydrogen (secondary N) is 2. The number of benzene rings is 1. The van der Waals surface area contributed by atoms with Gasteiger partial charge in [0.15, 0.2) is 11.5 Å². The molecule has 0 aliphatic rings. The monoisotopic (exact) mass is 378 g/mol. The van der Waals surface area contributed by atoms with E-state index in [2.05, 4.69) is 10.6 Å². The van der Waals surface area contributed by atoms with Gasteiger partial charge in [-0.3, -0.25) is 9.59 Å². The number of hydrogen-bond acceptors (Lipinski definition) is 4. The standard InChI is InChI=1S/C21H34N2O4/c1-8-26-16-11-10-15(12-17(16)27-9-2)19(14(3)4)23-18(24)13-22-20(25)21(5,6)7/h10-12,14,19H,8-9,13H2,1-7H3,(H,22,25)(H,23,24). The largest absolute Gasteiger partial charge is 0.490 e. The quantitative estimate of drug-likeness (QED) is 0.690. The average molecular weight is 379 g/mol. The molecule has 152 valence electrons. The number of hydrogen-bond donors (Lipinski definition) is 2. The van der Waals surface area contributed by atoms with Gasteiger partial charge in [-0.25, -0.2) is 0 Å². The summed E-state index contributed by atoms with van der Waals surface area (Å²) in [6.07, 6.45) is 0. The average Bonchev–Trinajstić information content (AvgIpc) is 2.58. The van der Waals surface area contributed by atoms with E-state index in [0.717, 1.165) is 5.56 Å². The predicted octanol–water partition coefficient (Wildman–Crippen LogP) is 3.46. The van der Waals surface area contributed by atoms with Crippen LogP contribution in [-0.2, 0) is 9.59 Å². The summed E-state index contributed by atoms with van der Waals surface area (Å²) >= 11 is 0. The number of carbonyl (C=O) groups excluding carboxylic acids is 2. The minimum atomic E-state index is -0.529. The molecule has 0 spiro atoms. The van der Waals surface area contributed by atoms with Gasteiger partial charge in [-0.2, -0.15) is 0 Å². The van der Waals surface area contributed by atoms with Crippen LogP contribution in [0.3, 0.4) is 0 Å². The molecule has 6 nitrogen and oxygen atoms in total. The van der Waals surface area contributed by atoms with Gasteiger partial charge in [0.25, 0.3) is 0 Å². The first kappa shape index (κ1) is 22.8. The molecule has 6 heteroatoms. The van der Waals surface area contributed by atoms with E-state index in [1.165, 1.54) is 0 Å². The minimum Gasteiger partial charge on any atom is -0.490 e. The summed E-state index contributed by atoms with van der Waals surface area (Å²) in [5, 5.41) is 5.69. The topological polar surface area (TPSA) is 76.7 Å². The highest BCUT2D eigenvalue weighted by atomic mass is 16.5. The van der Waals surface area contributed by atoms with Crippen molar-refractivity contribution in [3.63, 3.8) is 0 Å². The highest BCUT2D eigenvalue weighted by Crippen LogP contribution is 2.32. The van der Waals surface area contributed by atoms with E-state index in [9.17, 15) is 9.59 Å². The Morgan fingerprint density at radius 3 is 2.15 bits per heavy atom. The number of amides is 2. The summed E-state index contributed by atoms with van der Waals surface area (Å²) in [6.45, 7) is 14.4. The Morgan fingerprint density at radius 2 is 1.63 bits per heavy atom. The fraction of sp³-hybridized carbons (Fsp3) is 0.619. The molecule has 0 saturated heterocycles. The van der Waals surface area contributed by atoms with Crippen LogP contribution in [0, 0.1) is 11.3 Å². The molecule has 1 rings (SSSR count). The van der Waals surface area contributed by atoms with Crippen LogP contribution in [0.5, 0.6) is 11.5 Å². The van der Waals surface area contributed by atoms with E-state index < -0.39 is 5.41 Å². The van der Waals surface area contributed by atoms with E-state index in [4.69, 9.17) is 9.47 Å². The van der Waals surface area contributed by atoms with Crippen LogP contribution in [0.15, 0.2) is 18.2 Å². The van der Waals surface area contributed by atoms with Gasteiger partial charge < -0.3 is 20.1 Å². The van der Waals surface area contributed by atoms with Gasteiger partial charge in [0.2, 0.25) is 11.8 Å². The molecule has 0 aliphatic heterocycles. The molecule has 1 atom stereocenters. The van der Waals surface area contributed by atoms with Crippen molar-refractivity contribution in [3.8, 4) is 11.5 Å². The molecule has 0 bridgehead atoms. The summed E-state index contributed by atoms with van der Waals surface area (Å²) in [5.41, 5.74) is 0.409. The van der Waals surface area contributed by atoms with Gasteiger partial charge in [-0.05, 0) is 37.5 Å². The van der Waals surface area contributed by atoms with Gasteiger partial charge in [-0.1, -0.05) is 40.7 Å². The zero-order chi connectivity index (χ0) is 20.6. The fourth-order valence-electron chi connectivity index (χ4n) is 2.55. The minimum absolute atomic E-state index is 0.0470. The number of rotatable bonds is 9. The Kier molecular flexibility index (Phi) is 8.60. The molecule has 0 saturated carbocycles. The maximum absolute atomic E-state index is 12.4. The van der Waals surface area contributed by atoms with E-state index in [-0.39, 0.29) is 30.3 Å². The van der Waals surface area contributed by atoms with Crippen LogP contribution in [0.25, 0.3) is 0 Å². The summed E-state index contributed by atoms with van der Waals surface area (Å²) < 4.78 is 11.3. The van der Waals surface area contributed by atoms with Crippen molar-refractivity contribution in [1.29, 1.82) is 0 Å². The summed E-state index contributed by atoms with van der Waals surface area (Å²) in [7, 11) is 0. The molecular formula is C21H34N2O4. The third-order valence-electron chi connectivity index (χ3n) is 4.00. The molecule has 0 aliphatic carbocycles. The zero-order valence-corrected chi connectivity index (χ0v) is 17.6. The van der Waals surface area contributed by atoms with Crippen LogP contribution in [0.2, 0.25) is 0 Å². The van der Waals surface area contributed by atoms with Crippen molar-refractivity contribution >= 4 is 11.8 Å². The van der Waals surface area contributed by atoms with Crippen molar-refractivity contribution in [2.24, 2.45) is 11.3 Å². The van der Waals surface area contributed by atoms with Crippen LogP contribution in [0.1, 0.15) is 60.1 Å². The van der Waals surface area contributed by atoms with Crippen LogP contribution in [0.4, 0.5) is 0 Å². The van der Waals surface area contributed by atoms with Crippen LogP contribution >= 0.6 is 0 Å². The molecule has 0 heterocycles. The Morgan fingerprint density at radius 1 is 1.04 bits per heavy atom. The lowest BCUT2D eigenvalue weighted by atomic mass is 9.95. The molecule has 1 aromatic rings. The second-order valence-corrected chi connectivity index (χ2v) is 7.79. The summed E-state index contributed by atoms with van der Waals surface area (Å²) in [6, 6.07) is 5.52. The maximum Gasteiger partial charge on any atom is 0.239 e. The Labute approximate surface area is 163 Å². The van der Waals surface area contributed by atoms with Crippen molar-refractivity contribution in [1.82, 2.24) is 10.6 Å². The lowest BCUT2D eigenvalue weighted by Crippen LogP contribution is -2.43. The van der Waals surface area contributed by atoms with Gasteiger partial charge >= 0.3 is 0 Å². The second-order valence-electron chi connectivity index (χ2n) is 7.79. The van der Waals surface area contributed by atoms with E-state index in [0.29, 0.717) is 24.7 Å². The molecule has 2 amide bonds. The first-order valence-electron chi connectivity index (χ1n) is 9.57. The zero-order valence-electron chi connectivity index (χ0n) is 17.6. The normalized spacial score (nSPS) is 12.4. The first-order valence-corrected chi connectivity index (χ1v) is 9.57. The first-order chi connectivity index (χ1) is 12.6. The molecule has 2 N–H and O–H groups in total.